The first-order valence-electron chi connectivity index (χ1n) is 6.81. The Morgan fingerprint density at radius 2 is 1.55 bits per heavy atom. The summed E-state index contributed by atoms with van der Waals surface area (Å²) in [7, 11) is 0. The van der Waals surface area contributed by atoms with Crippen molar-refractivity contribution in [3.05, 3.63) is 71.8 Å². The van der Waals surface area contributed by atoms with Gasteiger partial charge in [-0.2, -0.15) is 11.8 Å². The Morgan fingerprint density at radius 3 is 2.15 bits per heavy atom. The minimum absolute atomic E-state index is 0.0249. The van der Waals surface area contributed by atoms with E-state index in [1.165, 1.54) is 5.56 Å². The molecule has 1 unspecified atom stereocenters. The molecule has 0 radical (unpaired) electrons. The second kappa shape index (κ2) is 7.48. The van der Waals surface area contributed by atoms with E-state index in [1.54, 1.807) is 0 Å². The normalized spacial score (nSPS) is 13.9. The summed E-state index contributed by atoms with van der Waals surface area (Å²) in [6.45, 7) is -0.0249. The first-order valence-corrected chi connectivity index (χ1v) is 7.97. The molecule has 0 aromatic heterocycles. The molecule has 0 bridgehead atoms. The number of rotatable bonds is 7. The molecule has 0 fully saturated rings. The molecule has 2 aromatic carbocycles. The zero-order chi connectivity index (χ0) is 14.3. The third-order valence-electron chi connectivity index (χ3n) is 3.43. The highest BCUT2D eigenvalue weighted by atomic mass is 32.2. The Kier molecular flexibility index (Phi) is 5.65. The van der Waals surface area contributed by atoms with Crippen LogP contribution >= 0.6 is 11.8 Å². The second-order valence-electron chi connectivity index (χ2n) is 4.97. The van der Waals surface area contributed by atoms with E-state index in [4.69, 9.17) is 5.73 Å². The number of hydrogen-bond acceptors (Lipinski definition) is 3. The summed E-state index contributed by atoms with van der Waals surface area (Å²) in [4.78, 5) is 0. The molecule has 20 heavy (non-hydrogen) atoms. The first kappa shape index (κ1) is 15.1. The number of benzene rings is 2. The molecule has 0 aliphatic carbocycles. The van der Waals surface area contributed by atoms with Crippen molar-refractivity contribution >= 4 is 11.8 Å². The van der Waals surface area contributed by atoms with E-state index >= 15 is 0 Å². The molecule has 3 heteroatoms. The van der Waals surface area contributed by atoms with Gasteiger partial charge in [-0.1, -0.05) is 60.7 Å². The molecule has 2 aromatic rings. The molecule has 1 atom stereocenters. The van der Waals surface area contributed by atoms with Gasteiger partial charge in [0.1, 0.15) is 0 Å². The van der Waals surface area contributed by atoms with Crippen LogP contribution in [0.2, 0.25) is 0 Å². The van der Waals surface area contributed by atoms with Gasteiger partial charge in [-0.3, -0.25) is 0 Å². The van der Waals surface area contributed by atoms with Crippen molar-refractivity contribution in [2.24, 2.45) is 5.73 Å². The number of aliphatic hydroxyl groups is 1. The van der Waals surface area contributed by atoms with Gasteiger partial charge in [-0.15, -0.1) is 0 Å². The van der Waals surface area contributed by atoms with Crippen LogP contribution in [0.15, 0.2) is 60.7 Å². The molecule has 0 spiro atoms. The molecule has 0 saturated carbocycles. The van der Waals surface area contributed by atoms with Crippen LogP contribution in [0.4, 0.5) is 0 Å². The van der Waals surface area contributed by atoms with Crippen LogP contribution in [0.3, 0.4) is 0 Å². The van der Waals surface area contributed by atoms with E-state index in [2.05, 4.69) is 24.3 Å². The van der Waals surface area contributed by atoms with Crippen molar-refractivity contribution in [2.45, 2.75) is 17.7 Å². The van der Waals surface area contributed by atoms with Gasteiger partial charge in [0, 0.05) is 5.75 Å². The lowest BCUT2D eigenvalue weighted by molar-refractivity contribution is 0.193. The Hall–Kier alpha value is -1.29. The molecule has 0 aliphatic heterocycles. The molecule has 0 saturated heterocycles. The minimum atomic E-state index is -0.634. The maximum atomic E-state index is 9.62. The van der Waals surface area contributed by atoms with Crippen LogP contribution in [-0.2, 0) is 11.3 Å². The van der Waals surface area contributed by atoms with Gasteiger partial charge in [0.15, 0.2) is 0 Å². The zero-order valence-corrected chi connectivity index (χ0v) is 12.4. The summed E-state index contributed by atoms with van der Waals surface area (Å²) < 4.78 is 0. The maximum Gasteiger partial charge on any atom is 0.0653 e. The average Bonchev–Trinajstić information content (AvgIpc) is 2.53. The van der Waals surface area contributed by atoms with Crippen molar-refractivity contribution in [3.63, 3.8) is 0 Å². The van der Waals surface area contributed by atoms with E-state index in [0.29, 0.717) is 0 Å². The van der Waals surface area contributed by atoms with Crippen LogP contribution < -0.4 is 5.73 Å². The maximum absolute atomic E-state index is 9.62. The van der Waals surface area contributed by atoms with Gasteiger partial charge >= 0.3 is 0 Å². The summed E-state index contributed by atoms with van der Waals surface area (Å²) in [5, 5.41) is 9.62. The lowest BCUT2D eigenvalue weighted by Gasteiger charge is -2.27. The van der Waals surface area contributed by atoms with Gasteiger partial charge in [0.2, 0.25) is 0 Å². The largest absolute Gasteiger partial charge is 0.394 e. The van der Waals surface area contributed by atoms with Crippen LogP contribution in [0.5, 0.6) is 0 Å². The highest BCUT2D eigenvalue weighted by Crippen LogP contribution is 2.24. The van der Waals surface area contributed by atoms with E-state index in [0.717, 1.165) is 23.5 Å². The highest BCUT2D eigenvalue weighted by molar-refractivity contribution is 7.98. The number of hydrogen-bond donors (Lipinski definition) is 2. The predicted molar refractivity (Wildman–Crippen MR) is 86.6 cm³/mol. The summed E-state index contributed by atoms with van der Waals surface area (Å²) in [6.07, 6.45) is 0.769. The number of nitrogens with two attached hydrogens (primary N) is 1. The third kappa shape index (κ3) is 4.10. The second-order valence-corrected chi connectivity index (χ2v) is 6.07. The summed E-state index contributed by atoms with van der Waals surface area (Å²) in [5.74, 6) is 1.91. The zero-order valence-electron chi connectivity index (χ0n) is 11.5. The predicted octanol–water partition coefficient (Wildman–Crippen LogP) is 3.16. The van der Waals surface area contributed by atoms with Gasteiger partial charge in [-0.05, 0) is 23.3 Å². The fourth-order valence-electron chi connectivity index (χ4n) is 2.10. The van der Waals surface area contributed by atoms with Gasteiger partial charge in [0.05, 0.1) is 12.1 Å². The summed E-state index contributed by atoms with van der Waals surface area (Å²) in [5.41, 5.74) is 8.03. The highest BCUT2D eigenvalue weighted by Gasteiger charge is 2.25. The molecular formula is C17H21NOS. The van der Waals surface area contributed by atoms with Crippen LogP contribution in [0.25, 0.3) is 0 Å². The Labute approximate surface area is 125 Å². The topological polar surface area (TPSA) is 46.2 Å². The van der Waals surface area contributed by atoms with Crippen LogP contribution in [0, 0.1) is 0 Å². The molecule has 2 rings (SSSR count). The van der Waals surface area contributed by atoms with E-state index in [1.807, 2.05) is 48.2 Å². The summed E-state index contributed by atoms with van der Waals surface area (Å²) in [6, 6.07) is 20.3. The fraction of sp³-hybridized carbons (Fsp3) is 0.294. The number of thioether (sulfide) groups is 1. The van der Waals surface area contributed by atoms with E-state index in [9.17, 15) is 5.11 Å². The quantitative estimate of drug-likeness (QED) is 0.769. The van der Waals surface area contributed by atoms with Crippen molar-refractivity contribution in [1.82, 2.24) is 0 Å². The van der Waals surface area contributed by atoms with Gasteiger partial charge in [0.25, 0.3) is 0 Å². The van der Waals surface area contributed by atoms with Crippen LogP contribution in [-0.4, -0.2) is 17.5 Å². The molecule has 0 aliphatic rings. The van der Waals surface area contributed by atoms with Crippen molar-refractivity contribution in [1.29, 1.82) is 0 Å². The van der Waals surface area contributed by atoms with Gasteiger partial charge in [-0.25, -0.2) is 0 Å². The van der Waals surface area contributed by atoms with E-state index < -0.39 is 5.54 Å². The average molecular weight is 287 g/mol. The SMILES string of the molecule is NC(CO)(CCSCc1ccccc1)c1ccccc1. The van der Waals surface area contributed by atoms with Crippen LogP contribution in [0.1, 0.15) is 17.5 Å². The molecule has 3 N–H and O–H groups in total. The van der Waals surface area contributed by atoms with Gasteiger partial charge < -0.3 is 10.8 Å². The lowest BCUT2D eigenvalue weighted by atomic mass is 9.89. The fourth-order valence-corrected chi connectivity index (χ4v) is 3.18. The molecule has 0 heterocycles. The van der Waals surface area contributed by atoms with Crippen molar-refractivity contribution in [2.75, 3.05) is 12.4 Å². The summed E-state index contributed by atoms with van der Waals surface area (Å²) >= 11 is 1.85. The Bertz CT molecular complexity index is 503. The monoisotopic (exact) mass is 287 g/mol. The smallest absolute Gasteiger partial charge is 0.0653 e. The lowest BCUT2D eigenvalue weighted by Crippen LogP contribution is -2.41. The van der Waals surface area contributed by atoms with Crippen molar-refractivity contribution in [3.8, 4) is 0 Å². The standard InChI is InChI=1S/C17H21NOS/c18-17(14-19,16-9-5-2-6-10-16)11-12-20-13-15-7-3-1-4-8-15/h1-10,19H,11-14,18H2. The molecular weight excluding hydrogens is 266 g/mol. The number of aliphatic hydroxyl groups excluding tert-OH is 1. The first-order chi connectivity index (χ1) is 9.74. The van der Waals surface area contributed by atoms with Crippen molar-refractivity contribution < 1.29 is 5.11 Å². The Balaban J connectivity index is 1.85. The molecule has 2 nitrogen and oxygen atoms in total. The minimum Gasteiger partial charge on any atom is -0.394 e. The Morgan fingerprint density at radius 1 is 0.950 bits per heavy atom. The molecule has 0 amide bonds. The molecule has 106 valence electrons. The third-order valence-corrected chi connectivity index (χ3v) is 4.47. The van der Waals surface area contributed by atoms with E-state index in [-0.39, 0.29) is 6.61 Å².